The van der Waals surface area contributed by atoms with Crippen molar-refractivity contribution in [2.45, 2.75) is 25.8 Å². The van der Waals surface area contributed by atoms with E-state index in [0.29, 0.717) is 5.92 Å². The predicted molar refractivity (Wildman–Crippen MR) is 84.9 cm³/mol. The van der Waals surface area contributed by atoms with Crippen molar-refractivity contribution >= 4 is 22.4 Å². The quantitative estimate of drug-likeness (QED) is 0.572. The lowest BCUT2D eigenvalue weighted by Gasteiger charge is -2.18. The summed E-state index contributed by atoms with van der Waals surface area (Å²) in [6, 6.07) is 9.94. The van der Waals surface area contributed by atoms with Gasteiger partial charge in [-0.3, -0.25) is 10.8 Å². The Labute approximate surface area is 127 Å². The van der Waals surface area contributed by atoms with Gasteiger partial charge in [-0.2, -0.15) is 0 Å². The van der Waals surface area contributed by atoms with E-state index in [4.69, 9.17) is 5.84 Å². The monoisotopic (exact) mass is 299 g/mol. The molecule has 0 aliphatic rings. The fourth-order valence-electron chi connectivity index (χ4n) is 2.49. The minimum atomic E-state index is -0.129. The number of nitrogens with zero attached hydrogens (tertiary/aromatic N) is 3. The van der Waals surface area contributed by atoms with Gasteiger partial charge in [0.1, 0.15) is 0 Å². The van der Waals surface area contributed by atoms with Gasteiger partial charge in [0.2, 0.25) is 0 Å². The Hall–Kier alpha value is -1.89. The summed E-state index contributed by atoms with van der Waals surface area (Å²) < 4.78 is 4.10. The highest BCUT2D eigenvalue weighted by molar-refractivity contribution is 7.05. The van der Waals surface area contributed by atoms with Gasteiger partial charge in [0, 0.05) is 11.6 Å². The maximum absolute atomic E-state index is 5.84. The summed E-state index contributed by atoms with van der Waals surface area (Å²) >= 11 is 1.39. The summed E-state index contributed by atoms with van der Waals surface area (Å²) in [6.45, 7) is 4.22. The molecule has 0 saturated heterocycles. The molecule has 108 valence electrons. The van der Waals surface area contributed by atoms with E-state index in [1.54, 1.807) is 6.20 Å². The Bertz CT molecular complexity index is 747. The zero-order valence-electron chi connectivity index (χ0n) is 11.9. The number of pyridine rings is 1. The van der Waals surface area contributed by atoms with Crippen molar-refractivity contribution in [3.8, 4) is 0 Å². The van der Waals surface area contributed by atoms with E-state index in [1.165, 1.54) is 11.5 Å². The van der Waals surface area contributed by atoms with Crippen LogP contribution in [-0.4, -0.2) is 14.6 Å². The Balaban J connectivity index is 2.17. The van der Waals surface area contributed by atoms with Crippen LogP contribution in [0.15, 0.2) is 36.5 Å². The second-order valence-electron chi connectivity index (χ2n) is 5.19. The molecule has 1 atom stereocenters. The van der Waals surface area contributed by atoms with Crippen LogP contribution < -0.4 is 11.3 Å². The number of fused-ring (bicyclic) bond motifs is 1. The average Bonchev–Trinajstić information content (AvgIpc) is 2.98. The highest BCUT2D eigenvalue weighted by Gasteiger charge is 2.23. The van der Waals surface area contributed by atoms with Crippen LogP contribution in [0.2, 0.25) is 0 Å². The van der Waals surface area contributed by atoms with Gasteiger partial charge in [-0.15, -0.1) is 5.10 Å². The van der Waals surface area contributed by atoms with Crippen molar-refractivity contribution in [2.24, 2.45) is 5.84 Å². The number of hydrogen-bond acceptors (Lipinski definition) is 6. The third-order valence-electron chi connectivity index (χ3n) is 3.51. The molecule has 3 N–H and O–H groups in total. The molecular weight excluding hydrogens is 282 g/mol. The van der Waals surface area contributed by atoms with E-state index in [1.807, 2.05) is 18.2 Å². The third kappa shape index (κ3) is 2.53. The van der Waals surface area contributed by atoms with Gasteiger partial charge >= 0.3 is 0 Å². The highest BCUT2D eigenvalue weighted by atomic mass is 32.1. The van der Waals surface area contributed by atoms with Crippen molar-refractivity contribution < 1.29 is 0 Å². The van der Waals surface area contributed by atoms with Gasteiger partial charge in [-0.05, 0) is 35.1 Å². The molecule has 1 unspecified atom stereocenters. The van der Waals surface area contributed by atoms with E-state index in [2.05, 4.69) is 46.0 Å². The van der Waals surface area contributed by atoms with Gasteiger partial charge < -0.3 is 0 Å². The molecule has 21 heavy (non-hydrogen) atoms. The lowest BCUT2D eigenvalue weighted by molar-refractivity contribution is 0.635. The third-order valence-corrected chi connectivity index (χ3v) is 4.31. The molecular formula is C15H17N5S. The summed E-state index contributed by atoms with van der Waals surface area (Å²) in [5.41, 5.74) is 5.95. The van der Waals surface area contributed by atoms with Crippen LogP contribution in [0.1, 0.15) is 41.9 Å². The molecule has 5 nitrogen and oxygen atoms in total. The molecule has 6 heteroatoms. The largest absolute Gasteiger partial charge is 0.271 e. The second-order valence-corrected chi connectivity index (χ2v) is 5.98. The van der Waals surface area contributed by atoms with Gasteiger partial charge in [0.25, 0.3) is 0 Å². The summed E-state index contributed by atoms with van der Waals surface area (Å²) in [6.07, 6.45) is 1.80. The van der Waals surface area contributed by atoms with Crippen molar-refractivity contribution in [1.29, 1.82) is 0 Å². The van der Waals surface area contributed by atoms with E-state index < -0.39 is 0 Å². The van der Waals surface area contributed by atoms with Crippen molar-refractivity contribution in [1.82, 2.24) is 20.0 Å². The van der Waals surface area contributed by atoms with Gasteiger partial charge in [-0.25, -0.2) is 5.43 Å². The first-order valence-corrected chi connectivity index (χ1v) is 7.61. The van der Waals surface area contributed by atoms with Gasteiger partial charge in [0.05, 0.1) is 22.1 Å². The molecule has 1 aromatic carbocycles. The lowest BCUT2D eigenvalue weighted by atomic mass is 9.97. The van der Waals surface area contributed by atoms with Crippen molar-refractivity contribution in [2.75, 3.05) is 0 Å². The molecule has 0 fully saturated rings. The van der Waals surface area contributed by atoms with Gasteiger partial charge in [-0.1, -0.05) is 36.5 Å². The molecule has 0 aliphatic heterocycles. The number of aromatic nitrogens is 3. The normalized spacial score (nSPS) is 13.0. The fourth-order valence-corrected chi connectivity index (χ4v) is 3.38. The number of nitrogens with two attached hydrogens (primary N) is 1. The topological polar surface area (TPSA) is 76.7 Å². The summed E-state index contributed by atoms with van der Waals surface area (Å²) in [5, 5.41) is 5.34. The molecule has 3 rings (SSSR count). The molecule has 2 heterocycles. The van der Waals surface area contributed by atoms with Crippen LogP contribution in [0.25, 0.3) is 10.9 Å². The fraction of sp³-hybridized carbons (Fsp3) is 0.267. The van der Waals surface area contributed by atoms with Crippen LogP contribution in [0.3, 0.4) is 0 Å². The van der Waals surface area contributed by atoms with Crippen LogP contribution in [0.5, 0.6) is 0 Å². The van der Waals surface area contributed by atoms with E-state index in [-0.39, 0.29) is 6.04 Å². The van der Waals surface area contributed by atoms with Crippen LogP contribution in [0, 0.1) is 0 Å². The van der Waals surface area contributed by atoms with Crippen LogP contribution >= 0.6 is 11.5 Å². The first kappa shape index (κ1) is 14.1. The number of benzene rings is 1. The van der Waals surface area contributed by atoms with Crippen molar-refractivity contribution in [3.05, 3.63) is 52.7 Å². The van der Waals surface area contributed by atoms with Crippen LogP contribution in [-0.2, 0) is 0 Å². The molecule has 0 amide bonds. The SMILES string of the molecule is CC(C)c1nnsc1C(NN)c1cccc2ncccc12. The van der Waals surface area contributed by atoms with E-state index in [9.17, 15) is 0 Å². The number of nitrogens with one attached hydrogen (secondary N) is 1. The first-order chi connectivity index (χ1) is 10.2. The molecule has 0 aliphatic carbocycles. The molecule has 0 saturated carbocycles. The minimum absolute atomic E-state index is 0.129. The number of hydrogen-bond donors (Lipinski definition) is 2. The van der Waals surface area contributed by atoms with Crippen molar-refractivity contribution in [3.63, 3.8) is 0 Å². The Morgan fingerprint density at radius 3 is 2.81 bits per heavy atom. The second kappa shape index (κ2) is 5.85. The number of hydrazine groups is 1. The highest BCUT2D eigenvalue weighted by Crippen LogP contribution is 2.33. The predicted octanol–water partition coefficient (Wildman–Crippen LogP) is 2.76. The summed E-state index contributed by atoms with van der Waals surface area (Å²) in [7, 11) is 0. The first-order valence-electron chi connectivity index (χ1n) is 6.84. The molecule has 0 spiro atoms. The average molecular weight is 299 g/mol. The molecule has 3 aromatic rings. The van der Waals surface area contributed by atoms with Crippen LogP contribution in [0.4, 0.5) is 0 Å². The number of rotatable bonds is 4. The summed E-state index contributed by atoms with van der Waals surface area (Å²) in [4.78, 5) is 5.46. The lowest BCUT2D eigenvalue weighted by Crippen LogP contribution is -2.29. The maximum Gasteiger partial charge on any atom is 0.0844 e. The zero-order valence-corrected chi connectivity index (χ0v) is 12.8. The minimum Gasteiger partial charge on any atom is -0.271 e. The summed E-state index contributed by atoms with van der Waals surface area (Å²) in [5.74, 6) is 6.14. The van der Waals surface area contributed by atoms with Gasteiger partial charge in [0.15, 0.2) is 0 Å². The Morgan fingerprint density at radius 2 is 2.05 bits per heavy atom. The van der Waals surface area contributed by atoms with E-state index in [0.717, 1.165) is 27.0 Å². The smallest absolute Gasteiger partial charge is 0.0844 e. The standard InChI is InChI=1S/C15H17N5S/c1-9(2)13-15(21-20-19-13)14(18-16)11-5-3-7-12-10(11)6-4-8-17-12/h3-9,14,18H,16H2,1-2H3. The maximum atomic E-state index is 5.84. The van der Waals surface area contributed by atoms with E-state index >= 15 is 0 Å². The Kier molecular flexibility index (Phi) is 3.92. The zero-order chi connectivity index (χ0) is 14.8. The molecule has 0 radical (unpaired) electrons. The Morgan fingerprint density at radius 1 is 1.19 bits per heavy atom. The molecule has 2 aromatic heterocycles. The molecule has 0 bridgehead atoms.